The molecule has 29 heavy (non-hydrogen) atoms. The lowest BCUT2D eigenvalue weighted by Gasteiger charge is -2.53. The maximum Gasteiger partial charge on any atom is 0.152 e. The lowest BCUT2D eigenvalue weighted by Crippen LogP contribution is -2.55. The van der Waals surface area contributed by atoms with Gasteiger partial charge in [0.1, 0.15) is 0 Å². The Labute approximate surface area is 179 Å². The van der Waals surface area contributed by atoms with Gasteiger partial charge in [0.2, 0.25) is 0 Å². The summed E-state index contributed by atoms with van der Waals surface area (Å²) in [7, 11) is 0. The highest BCUT2D eigenvalue weighted by Crippen LogP contribution is 2.45. The van der Waals surface area contributed by atoms with E-state index in [1.807, 2.05) is 12.1 Å². The van der Waals surface area contributed by atoms with E-state index in [2.05, 4.69) is 58.6 Å². The van der Waals surface area contributed by atoms with Gasteiger partial charge in [-0.2, -0.15) is 0 Å². The molecule has 0 bridgehead atoms. The summed E-state index contributed by atoms with van der Waals surface area (Å²) in [4.78, 5) is 14.8. The van der Waals surface area contributed by atoms with Gasteiger partial charge in [-0.1, -0.05) is 66.5 Å². The van der Waals surface area contributed by atoms with Crippen molar-refractivity contribution in [3.05, 3.63) is 29.8 Å². The van der Waals surface area contributed by atoms with E-state index in [9.17, 15) is 4.79 Å². The van der Waals surface area contributed by atoms with Crippen LogP contribution in [0.25, 0.3) is 0 Å². The number of carbonyl (C=O) groups is 1. The maximum atomic E-state index is 12.0. The zero-order valence-electron chi connectivity index (χ0n) is 19.6. The Kier molecular flexibility index (Phi) is 7.46. The standard InChI is InChI=1S/C27H43NO/c1-18(2)23-13-11-20(5)15-26(23)28(25-10-8-7-9-22(25)17-29)27-16-21(6)12-14-24(27)19(3)4/h7-10,17-21,23-24,26-27H,11-16H2,1-6H3. The molecule has 0 aromatic heterocycles. The van der Waals surface area contributed by atoms with Crippen molar-refractivity contribution in [3.63, 3.8) is 0 Å². The molecule has 0 aliphatic heterocycles. The van der Waals surface area contributed by atoms with E-state index in [0.29, 0.717) is 35.8 Å². The first-order valence-electron chi connectivity index (χ1n) is 12.2. The molecule has 2 saturated carbocycles. The number of nitrogens with zero attached hydrogens (tertiary/aromatic N) is 1. The van der Waals surface area contributed by atoms with E-state index in [4.69, 9.17) is 0 Å². The molecule has 1 aromatic carbocycles. The summed E-state index contributed by atoms with van der Waals surface area (Å²) in [5, 5.41) is 0. The summed E-state index contributed by atoms with van der Waals surface area (Å²) in [6.45, 7) is 14.5. The number of hydrogen-bond donors (Lipinski definition) is 0. The summed E-state index contributed by atoms with van der Waals surface area (Å²) in [5.41, 5.74) is 2.06. The third kappa shape index (κ3) is 4.89. The van der Waals surface area contributed by atoms with E-state index in [0.717, 1.165) is 23.7 Å². The Morgan fingerprint density at radius 2 is 1.31 bits per heavy atom. The van der Waals surface area contributed by atoms with Crippen molar-refractivity contribution >= 4 is 12.0 Å². The fraction of sp³-hybridized carbons (Fsp3) is 0.741. The highest BCUT2D eigenvalue weighted by atomic mass is 16.1. The van der Waals surface area contributed by atoms with Crippen molar-refractivity contribution in [1.29, 1.82) is 0 Å². The predicted octanol–water partition coefficient (Wildman–Crippen LogP) is 7.23. The van der Waals surface area contributed by atoms with Crippen LogP contribution in [0.5, 0.6) is 0 Å². The van der Waals surface area contributed by atoms with Crippen LogP contribution in [0, 0.1) is 35.5 Å². The van der Waals surface area contributed by atoms with Gasteiger partial charge in [-0.25, -0.2) is 0 Å². The zero-order chi connectivity index (χ0) is 21.1. The summed E-state index contributed by atoms with van der Waals surface area (Å²) < 4.78 is 0. The van der Waals surface area contributed by atoms with Crippen molar-refractivity contribution in [2.75, 3.05) is 4.90 Å². The molecule has 2 aliphatic rings. The summed E-state index contributed by atoms with van der Waals surface area (Å²) in [6.07, 6.45) is 8.91. The van der Waals surface area contributed by atoms with Crippen LogP contribution in [0.2, 0.25) is 0 Å². The van der Waals surface area contributed by atoms with E-state index in [1.54, 1.807) is 0 Å². The number of benzene rings is 1. The topological polar surface area (TPSA) is 20.3 Å². The Morgan fingerprint density at radius 1 is 0.828 bits per heavy atom. The first-order valence-corrected chi connectivity index (χ1v) is 12.2. The minimum atomic E-state index is 0.538. The van der Waals surface area contributed by atoms with Gasteiger partial charge in [0.25, 0.3) is 0 Å². The fourth-order valence-electron chi connectivity index (χ4n) is 6.37. The number of carbonyl (C=O) groups excluding carboxylic acids is 1. The Morgan fingerprint density at radius 3 is 1.76 bits per heavy atom. The molecule has 2 heteroatoms. The lowest BCUT2D eigenvalue weighted by atomic mass is 9.69. The minimum Gasteiger partial charge on any atom is -0.364 e. The number of hydrogen-bond acceptors (Lipinski definition) is 2. The van der Waals surface area contributed by atoms with E-state index in [1.165, 1.54) is 44.2 Å². The summed E-state index contributed by atoms with van der Waals surface area (Å²) in [6, 6.07) is 9.45. The average Bonchev–Trinajstić information content (AvgIpc) is 2.68. The van der Waals surface area contributed by atoms with Gasteiger partial charge in [-0.15, -0.1) is 0 Å². The minimum absolute atomic E-state index is 0.538. The lowest BCUT2D eigenvalue weighted by molar-refractivity contribution is 0.112. The molecule has 0 N–H and O–H groups in total. The second-order valence-corrected chi connectivity index (χ2v) is 10.9. The average molecular weight is 398 g/mol. The number of anilines is 1. The first-order chi connectivity index (χ1) is 13.8. The highest BCUT2D eigenvalue weighted by molar-refractivity contribution is 5.84. The quantitative estimate of drug-likeness (QED) is 0.472. The van der Waals surface area contributed by atoms with E-state index >= 15 is 0 Å². The Hall–Kier alpha value is -1.31. The third-order valence-electron chi connectivity index (χ3n) is 8.03. The smallest absolute Gasteiger partial charge is 0.152 e. The molecule has 0 amide bonds. The van der Waals surface area contributed by atoms with E-state index < -0.39 is 0 Å². The molecule has 2 nitrogen and oxygen atoms in total. The molecule has 1 aromatic rings. The molecular formula is C27H43NO. The van der Waals surface area contributed by atoms with Crippen LogP contribution in [-0.2, 0) is 0 Å². The molecule has 3 rings (SSSR count). The van der Waals surface area contributed by atoms with Crippen LogP contribution >= 0.6 is 0 Å². The molecule has 6 unspecified atom stereocenters. The fourth-order valence-corrected chi connectivity index (χ4v) is 6.37. The monoisotopic (exact) mass is 397 g/mol. The van der Waals surface area contributed by atoms with Crippen molar-refractivity contribution in [2.24, 2.45) is 35.5 Å². The van der Waals surface area contributed by atoms with Crippen LogP contribution < -0.4 is 4.90 Å². The van der Waals surface area contributed by atoms with Crippen LogP contribution in [0.4, 0.5) is 5.69 Å². The van der Waals surface area contributed by atoms with Crippen LogP contribution in [0.3, 0.4) is 0 Å². The van der Waals surface area contributed by atoms with Gasteiger partial charge in [0.15, 0.2) is 6.29 Å². The van der Waals surface area contributed by atoms with Crippen molar-refractivity contribution < 1.29 is 4.79 Å². The SMILES string of the molecule is CC1CCC(C(C)C)C(N(c2ccccc2C=O)C2CC(C)CCC2C(C)C)C1. The van der Waals surface area contributed by atoms with Gasteiger partial charge >= 0.3 is 0 Å². The molecule has 162 valence electrons. The van der Waals surface area contributed by atoms with Crippen molar-refractivity contribution in [1.82, 2.24) is 0 Å². The third-order valence-corrected chi connectivity index (χ3v) is 8.03. The summed E-state index contributed by atoms with van der Waals surface area (Å²) in [5.74, 6) is 4.29. The molecule has 0 radical (unpaired) electrons. The normalized spacial score (nSPS) is 33.1. The van der Waals surface area contributed by atoms with Crippen molar-refractivity contribution in [3.8, 4) is 0 Å². The predicted molar refractivity (Wildman–Crippen MR) is 125 cm³/mol. The van der Waals surface area contributed by atoms with Crippen LogP contribution in [0.15, 0.2) is 24.3 Å². The molecule has 0 spiro atoms. The van der Waals surface area contributed by atoms with Gasteiger partial charge in [0, 0.05) is 23.3 Å². The largest absolute Gasteiger partial charge is 0.364 e. The molecule has 2 aliphatic carbocycles. The molecule has 2 fully saturated rings. The molecular weight excluding hydrogens is 354 g/mol. The maximum absolute atomic E-state index is 12.0. The molecule has 0 heterocycles. The first kappa shape index (κ1) is 22.4. The second kappa shape index (κ2) is 9.67. The Bertz CT molecular complexity index is 634. The van der Waals surface area contributed by atoms with Gasteiger partial charge < -0.3 is 4.90 Å². The molecule has 6 atom stereocenters. The zero-order valence-corrected chi connectivity index (χ0v) is 19.6. The second-order valence-electron chi connectivity index (χ2n) is 10.9. The molecule has 0 saturated heterocycles. The van der Waals surface area contributed by atoms with Gasteiger partial charge in [0.05, 0.1) is 0 Å². The van der Waals surface area contributed by atoms with Gasteiger partial charge in [-0.05, 0) is 73.3 Å². The van der Waals surface area contributed by atoms with Crippen molar-refractivity contribution in [2.45, 2.75) is 92.2 Å². The number of para-hydroxylation sites is 1. The number of aldehydes is 1. The highest BCUT2D eigenvalue weighted by Gasteiger charge is 2.42. The number of rotatable bonds is 6. The van der Waals surface area contributed by atoms with Gasteiger partial charge in [-0.3, -0.25) is 4.79 Å². The Balaban J connectivity index is 2.11. The summed E-state index contributed by atoms with van der Waals surface area (Å²) >= 11 is 0. The van der Waals surface area contributed by atoms with E-state index in [-0.39, 0.29) is 0 Å². The van der Waals surface area contributed by atoms with Crippen LogP contribution in [0.1, 0.15) is 90.4 Å². The van der Waals surface area contributed by atoms with Crippen LogP contribution in [-0.4, -0.2) is 18.4 Å².